The number of halogens is 3. The number of alkyl halides is 1. The molecule has 2 fully saturated rings. The molecule has 4 aliphatic rings. The number of hydrogen-bond acceptors (Lipinski definition) is 6. The largest absolute Gasteiger partial charge is 0.336 e. The van der Waals surface area contributed by atoms with E-state index in [1.165, 1.54) is 11.8 Å². The van der Waals surface area contributed by atoms with E-state index in [0.29, 0.717) is 34.3 Å². The Labute approximate surface area is 279 Å². The average molecular weight is 673 g/mol. The molecular formula is C34H40Cl2FN5O2S. The highest BCUT2D eigenvalue weighted by molar-refractivity contribution is 8.18. The van der Waals surface area contributed by atoms with Crippen LogP contribution in [0.5, 0.6) is 0 Å². The van der Waals surface area contributed by atoms with E-state index in [2.05, 4.69) is 25.7 Å². The first kappa shape index (κ1) is 32.4. The number of nitrogens with zero attached hydrogens (tertiary/aromatic N) is 5. The lowest BCUT2D eigenvalue weighted by atomic mass is 9.81. The van der Waals surface area contributed by atoms with Gasteiger partial charge in [-0.25, -0.2) is 9.38 Å². The molecule has 11 heteroatoms. The summed E-state index contributed by atoms with van der Waals surface area (Å²) in [6.07, 6.45) is 0.166. The zero-order valence-corrected chi connectivity index (χ0v) is 28.8. The van der Waals surface area contributed by atoms with Crippen molar-refractivity contribution in [1.82, 2.24) is 19.6 Å². The first-order valence-corrected chi connectivity index (χ1v) is 17.1. The van der Waals surface area contributed by atoms with Crippen LogP contribution in [0, 0.1) is 5.92 Å². The zero-order chi connectivity index (χ0) is 32.4. The second-order valence-electron chi connectivity index (χ2n) is 13.3. The molecule has 0 aliphatic carbocycles. The van der Waals surface area contributed by atoms with Crippen LogP contribution in [0.25, 0.3) is 0 Å². The molecule has 240 valence electrons. The number of fused-ring (bicyclic) bond motifs is 1. The minimum Gasteiger partial charge on any atom is -0.336 e. The summed E-state index contributed by atoms with van der Waals surface area (Å²) < 4.78 is 14.8. The number of likely N-dealkylation sites (N-methyl/N-ethyl adjacent to an activating group) is 1. The van der Waals surface area contributed by atoms with Crippen molar-refractivity contribution in [2.24, 2.45) is 10.9 Å². The Morgan fingerprint density at radius 3 is 2.22 bits per heavy atom. The minimum absolute atomic E-state index is 0.00898. The number of likely N-dealkylation sites (tertiary alicyclic amines) is 2. The zero-order valence-electron chi connectivity index (χ0n) is 26.5. The molecule has 2 aromatic rings. The summed E-state index contributed by atoms with van der Waals surface area (Å²) >= 11 is 14.0. The Bertz CT molecular complexity index is 1550. The lowest BCUT2D eigenvalue weighted by Gasteiger charge is -2.37. The van der Waals surface area contributed by atoms with Crippen molar-refractivity contribution < 1.29 is 14.0 Å². The fourth-order valence-corrected chi connectivity index (χ4v) is 8.98. The summed E-state index contributed by atoms with van der Waals surface area (Å²) in [5.41, 5.74) is 2.26. The van der Waals surface area contributed by atoms with Gasteiger partial charge in [0.05, 0.1) is 18.6 Å². The molecule has 2 saturated heterocycles. The van der Waals surface area contributed by atoms with Crippen molar-refractivity contribution in [3.63, 3.8) is 0 Å². The van der Waals surface area contributed by atoms with E-state index in [-0.39, 0.29) is 42.4 Å². The SMILES string of the molecule is CC(C)C1=C(C(=O)N2[C@H](C)CC[C@H]2C(=O)N2CC(N(C)C)[C@@H](F)C2)SC2=N[C@@](C)(c3ccc(Cl)cc3)[C@@H](c3ccc(Cl)cc3)N21. The smallest absolute Gasteiger partial charge is 0.263 e. The van der Waals surface area contributed by atoms with Gasteiger partial charge in [-0.3, -0.25) is 9.59 Å². The number of carbonyl (C=O) groups excluding carboxylic acids is 2. The summed E-state index contributed by atoms with van der Waals surface area (Å²) in [6, 6.07) is 14.3. The standard InChI is InChI=1S/C34H40Cl2FN5O2S/c1-19(2)28-29(32(44)41-20(3)7-16-26(41)31(43)40-17-25(37)27(18-40)39(5)6)45-33-38-34(4,22-10-14-24(36)15-11-22)30(42(28)33)21-8-12-23(35)13-9-21/h8-15,19-20,25-27,30H,7,16-18H2,1-6H3/t20-,25+,26+,27?,30-,34+/m1/s1. The maximum Gasteiger partial charge on any atom is 0.263 e. The third-order valence-corrected chi connectivity index (χ3v) is 11.3. The van der Waals surface area contributed by atoms with Crippen LogP contribution in [-0.2, 0) is 15.1 Å². The maximum absolute atomic E-state index is 14.8. The number of amides is 2. The molecule has 2 aromatic carbocycles. The van der Waals surface area contributed by atoms with Gasteiger partial charge in [0.1, 0.15) is 22.7 Å². The van der Waals surface area contributed by atoms with Gasteiger partial charge in [-0.15, -0.1) is 0 Å². The maximum atomic E-state index is 14.8. The first-order chi connectivity index (χ1) is 21.3. The fraction of sp³-hybridized carbons (Fsp3) is 0.500. The Morgan fingerprint density at radius 2 is 1.64 bits per heavy atom. The molecular weight excluding hydrogens is 632 g/mol. The van der Waals surface area contributed by atoms with Crippen LogP contribution in [0.15, 0.2) is 64.1 Å². The van der Waals surface area contributed by atoms with E-state index in [4.69, 9.17) is 28.2 Å². The van der Waals surface area contributed by atoms with Crippen molar-refractivity contribution in [3.05, 3.63) is 80.3 Å². The monoisotopic (exact) mass is 671 g/mol. The van der Waals surface area contributed by atoms with E-state index >= 15 is 0 Å². The Morgan fingerprint density at radius 1 is 1.02 bits per heavy atom. The number of thioether (sulfide) groups is 1. The Kier molecular flexibility index (Phi) is 8.78. The number of benzene rings is 2. The first-order valence-electron chi connectivity index (χ1n) is 15.6. The van der Waals surface area contributed by atoms with Gasteiger partial charge < -0.3 is 19.6 Å². The number of rotatable bonds is 6. The van der Waals surface area contributed by atoms with Crippen molar-refractivity contribution in [1.29, 1.82) is 0 Å². The Balaban J connectivity index is 1.37. The van der Waals surface area contributed by atoms with Crippen molar-refractivity contribution in [2.45, 2.75) is 76.4 Å². The van der Waals surface area contributed by atoms with E-state index in [1.54, 1.807) is 9.80 Å². The predicted octanol–water partition coefficient (Wildman–Crippen LogP) is 6.73. The third-order valence-electron chi connectivity index (χ3n) is 9.75. The van der Waals surface area contributed by atoms with E-state index in [1.807, 2.05) is 74.4 Å². The van der Waals surface area contributed by atoms with Crippen LogP contribution in [0.3, 0.4) is 0 Å². The summed E-state index contributed by atoms with van der Waals surface area (Å²) in [5.74, 6) is -0.334. The molecule has 1 unspecified atom stereocenters. The minimum atomic E-state index is -1.11. The molecule has 0 radical (unpaired) electrons. The van der Waals surface area contributed by atoms with Crippen LogP contribution >= 0.6 is 35.0 Å². The molecule has 6 rings (SSSR count). The number of hydrogen-bond donors (Lipinski definition) is 0. The summed E-state index contributed by atoms with van der Waals surface area (Å²) in [4.78, 5) is 41.8. The van der Waals surface area contributed by atoms with Crippen LogP contribution in [0.1, 0.15) is 57.7 Å². The van der Waals surface area contributed by atoms with Crippen molar-refractivity contribution >= 4 is 51.9 Å². The summed E-state index contributed by atoms with van der Waals surface area (Å²) in [7, 11) is 3.67. The van der Waals surface area contributed by atoms with Gasteiger partial charge in [0, 0.05) is 28.3 Å². The molecule has 0 bridgehead atoms. The van der Waals surface area contributed by atoms with Gasteiger partial charge in [0.15, 0.2) is 5.17 Å². The molecule has 0 aromatic heterocycles. The molecule has 4 aliphatic heterocycles. The lowest BCUT2D eigenvalue weighted by Crippen LogP contribution is -2.50. The molecule has 45 heavy (non-hydrogen) atoms. The normalized spacial score (nSPS) is 29.8. The topological polar surface area (TPSA) is 59.5 Å². The number of carbonyl (C=O) groups is 2. The molecule has 0 spiro atoms. The average Bonchev–Trinajstić information content (AvgIpc) is 3.74. The quantitative estimate of drug-likeness (QED) is 0.341. The lowest BCUT2D eigenvalue weighted by molar-refractivity contribution is -0.142. The van der Waals surface area contributed by atoms with E-state index < -0.39 is 17.8 Å². The molecule has 2 amide bonds. The predicted molar refractivity (Wildman–Crippen MR) is 180 cm³/mol. The van der Waals surface area contributed by atoms with Gasteiger partial charge in [0.25, 0.3) is 5.91 Å². The van der Waals surface area contributed by atoms with E-state index in [9.17, 15) is 14.0 Å². The van der Waals surface area contributed by atoms with E-state index in [0.717, 1.165) is 22.0 Å². The second-order valence-corrected chi connectivity index (χ2v) is 15.1. The van der Waals surface area contributed by atoms with Crippen molar-refractivity contribution in [3.8, 4) is 0 Å². The number of amidine groups is 1. The Hall–Kier alpha value is -2.59. The van der Waals surface area contributed by atoms with Crippen LogP contribution in [0.2, 0.25) is 10.0 Å². The van der Waals surface area contributed by atoms with Gasteiger partial charge in [-0.1, -0.05) is 61.3 Å². The fourth-order valence-electron chi connectivity index (χ4n) is 7.37. The second kappa shape index (κ2) is 12.2. The summed E-state index contributed by atoms with van der Waals surface area (Å²) in [6.45, 7) is 8.67. The third kappa shape index (κ3) is 5.57. The van der Waals surface area contributed by atoms with Gasteiger partial charge in [-0.2, -0.15) is 0 Å². The highest BCUT2D eigenvalue weighted by Gasteiger charge is 2.54. The van der Waals surface area contributed by atoms with Crippen molar-refractivity contribution in [2.75, 3.05) is 27.2 Å². The highest BCUT2D eigenvalue weighted by Crippen LogP contribution is 2.56. The van der Waals surface area contributed by atoms with Crippen LogP contribution in [-0.4, -0.2) is 88.1 Å². The van der Waals surface area contributed by atoms with Crippen LogP contribution in [0.4, 0.5) is 4.39 Å². The number of aliphatic imine (C=N–C) groups is 1. The van der Waals surface area contributed by atoms with Gasteiger partial charge >= 0.3 is 0 Å². The number of allylic oxidation sites excluding steroid dienone is 1. The summed E-state index contributed by atoms with van der Waals surface area (Å²) in [5, 5.41) is 2.05. The molecule has 7 nitrogen and oxygen atoms in total. The molecule has 4 heterocycles. The van der Waals surface area contributed by atoms with Gasteiger partial charge in [0.2, 0.25) is 5.91 Å². The molecule has 6 atom stereocenters. The molecule has 0 N–H and O–H groups in total. The van der Waals surface area contributed by atoms with Crippen LogP contribution < -0.4 is 0 Å². The highest BCUT2D eigenvalue weighted by atomic mass is 35.5. The molecule has 0 saturated carbocycles. The van der Waals surface area contributed by atoms with Gasteiger partial charge in [-0.05, 0) is 93.9 Å².